The van der Waals surface area contributed by atoms with Crippen molar-refractivity contribution in [2.75, 3.05) is 20.8 Å². The SMILES string of the molecule is CCN1C(=O)/C(=C\c2cc([N+](=O)[O-])cc(OC)c2OC)SC1=Nc1ccc(C(=O)O)cc1. The summed E-state index contributed by atoms with van der Waals surface area (Å²) in [5.74, 6) is -0.928. The number of ether oxygens (including phenoxy) is 2. The average molecular weight is 457 g/mol. The van der Waals surface area contributed by atoms with E-state index in [1.807, 2.05) is 0 Å². The molecule has 0 saturated carbocycles. The lowest BCUT2D eigenvalue weighted by Gasteiger charge is -2.12. The summed E-state index contributed by atoms with van der Waals surface area (Å²) in [6, 6.07) is 8.50. The standard InChI is InChI=1S/C21H19N3O7S/c1-4-23-19(25)17(32-21(23)22-14-7-5-12(6-8-14)20(26)27)10-13-9-15(24(28)29)11-16(30-2)18(13)31-3/h5-11H,4H2,1-3H3,(H,26,27)/b17-10+,22-21?. The summed E-state index contributed by atoms with van der Waals surface area (Å²) in [7, 11) is 2.77. The fourth-order valence-electron chi connectivity index (χ4n) is 2.99. The van der Waals surface area contributed by atoms with Crippen LogP contribution < -0.4 is 9.47 Å². The lowest BCUT2D eigenvalue weighted by Crippen LogP contribution is -2.28. The Morgan fingerprint density at radius 1 is 1.25 bits per heavy atom. The van der Waals surface area contributed by atoms with Crippen molar-refractivity contribution in [3.63, 3.8) is 0 Å². The summed E-state index contributed by atoms with van der Waals surface area (Å²) < 4.78 is 10.6. The van der Waals surface area contributed by atoms with E-state index in [2.05, 4.69) is 4.99 Å². The normalized spacial score (nSPS) is 16.0. The highest BCUT2D eigenvalue weighted by atomic mass is 32.2. The minimum atomic E-state index is -1.05. The van der Waals surface area contributed by atoms with Crippen molar-refractivity contribution in [1.29, 1.82) is 0 Å². The fourth-order valence-corrected chi connectivity index (χ4v) is 4.05. The van der Waals surface area contributed by atoms with Crippen LogP contribution in [-0.4, -0.2) is 52.7 Å². The first-order valence-corrected chi connectivity index (χ1v) is 10.1. The molecule has 1 amide bonds. The second kappa shape index (κ2) is 9.52. The van der Waals surface area contributed by atoms with Crippen LogP contribution in [0.15, 0.2) is 46.3 Å². The summed E-state index contributed by atoms with van der Waals surface area (Å²) >= 11 is 1.10. The van der Waals surface area contributed by atoms with Crippen LogP contribution in [0.5, 0.6) is 11.5 Å². The largest absolute Gasteiger partial charge is 0.493 e. The van der Waals surface area contributed by atoms with Gasteiger partial charge in [-0.25, -0.2) is 9.79 Å². The number of aliphatic imine (C=N–C) groups is 1. The monoisotopic (exact) mass is 457 g/mol. The smallest absolute Gasteiger partial charge is 0.335 e. The molecule has 32 heavy (non-hydrogen) atoms. The maximum absolute atomic E-state index is 12.9. The molecule has 2 aromatic carbocycles. The molecule has 11 heteroatoms. The third-order valence-corrected chi connectivity index (χ3v) is 5.54. The number of nitro benzene ring substituents is 1. The quantitative estimate of drug-likeness (QED) is 0.376. The number of carbonyl (C=O) groups is 2. The molecule has 0 bridgehead atoms. The number of carbonyl (C=O) groups excluding carboxylic acids is 1. The third kappa shape index (κ3) is 4.57. The van der Waals surface area contributed by atoms with Crippen LogP contribution >= 0.6 is 11.8 Å². The zero-order chi connectivity index (χ0) is 23.4. The van der Waals surface area contributed by atoms with Gasteiger partial charge >= 0.3 is 5.97 Å². The molecule has 1 aliphatic heterocycles. The van der Waals surface area contributed by atoms with Gasteiger partial charge in [0.25, 0.3) is 11.6 Å². The molecule has 0 unspecified atom stereocenters. The lowest BCUT2D eigenvalue weighted by molar-refractivity contribution is -0.385. The molecule has 1 aliphatic rings. The number of methoxy groups -OCH3 is 2. The van der Waals surface area contributed by atoms with Crippen molar-refractivity contribution in [1.82, 2.24) is 4.90 Å². The molecule has 0 aromatic heterocycles. The summed E-state index contributed by atoms with van der Waals surface area (Å²) in [6.45, 7) is 2.14. The van der Waals surface area contributed by atoms with E-state index in [0.29, 0.717) is 27.9 Å². The minimum Gasteiger partial charge on any atom is -0.493 e. The number of benzene rings is 2. The predicted octanol–water partition coefficient (Wildman–Crippen LogP) is 3.93. The van der Waals surface area contributed by atoms with Gasteiger partial charge in [-0.05, 0) is 49.0 Å². The Morgan fingerprint density at radius 3 is 2.47 bits per heavy atom. The second-order valence-electron chi connectivity index (χ2n) is 6.43. The van der Waals surface area contributed by atoms with Crippen LogP contribution in [0.3, 0.4) is 0 Å². The molecule has 10 nitrogen and oxygen atoms in total. The zero-order valence-electron chi connectivity index (χ0n) is 17.4. The first-order chi connectivity index (χ1) is 15.3. The number of hydrogen-bond acceptors (Lipinski definition) is 8. The minimum absolute atomic E-state index is 0.128. The van der Waals surface area contributed by atoms with Crippen LogP contribution in [0.2, 0.25) is 0 Å². The zero-order valence-corrected chi connectivity index (χ0v) is 18.2. The van der Waals surface area contributed by atoms with E-state index >= 15 is 0 Å². The predicted molar refractivity (Wildman–Crippen MR) is 120 cm³/mol. The highest BCUT2D eigenvalue weighted by Gasteiger charge is 2.33. The van der Waals surface area contributed by atoms with Crippen LogP contribution in [0.1, 0.15) is 22.8 Å². The van der Waals surface area contributed by atoms with Gasteiger partial charge in [0.2, 0.25) is 0 Å². The third-order valence-electron chi connectivity index (χ3n) is 4.53. The van der Waals surface area contributed by atoms with Crippen molar-refractivity contribution >= 4 is 46.3 Å². The van der Waals surface area contributed by atoms with E-state index in [1.54, 1.807) is 19.1 Å². The van der Waals surface area contributed by atoms with Crippen molar-refractivity contribution < 1.29 is 29.1 Å². The number of non-ortho nitro benzene ring substituents is 1. The summed E-state index contributed by atoms with van der Waals surface area (Å²) in [4.78, 5) is 40.9. The van der Waals surface area contributed by atoms with Crippen molar-refractivity contribution in [3.8, 4) is 11.5 Å². The second-order valence-corrected chi connectivity index (χ2v) is 7.44. The van der Waals surface area contributed by atoms with Gasteiger partial charge in [0.1, 0.15) is 0 Å². The van der Waals surface area contributed by atoms with Crippen LogP contribution in [-0.2, 0) is 4.79 Å². The Kier molecular flexibility index (Phi) is 6.79. The number of carboxylic acids is 1. The molecule has 0 aliphatic carbocycles. The Bertz CT molecular complexity index is 1140. The van der Waals surface area contributed by atoms with Crippen LogP contribution in [0.25, 0.3) is 6.08 Å². The molecule has 0 radical (unpaired) electrons. The number of hydrogen-bond donors (Lipinski definition) is 1. The molecule has 2 aromatic rings. The summed E-state index contributed by atoms with van der Waals surface area (Å²) in [5.41, 5.74) is 0.727. The molecule has 1 fully saturated rings. The van der Waals surface area contributed by atoms with Gasteiger partial charge in [0, 0.05) is 18.2 Å². The van der Waals surface area contributed by atoms with E-state index in [4.69, 9.17) is 14.6 Å². The topological polar surface area (TPSA) is 132 Å². The number of rotatable bonds is 7. The number of likely N-dealkylation sites (N-methyl/N-ethyl adjacent to an activating group) is 1. The van der Waals surface area contributed by atoms with Gasteiger partial charge in [0.15, 0.2) is 16.7 Å². The summed E-state index contributed by atoms with van der Waals surface area (Å²) in [5, 5.41) is 20.7. The number of amides is 1. The van der Waals surface area contributed by atoms with Crippen molar-refractivity contribution in [2.24, 2.45) is 4.99 Å². The summed E-state index contributed by atoms with van der Waals surface area (Å²) in [6.07, 6.45) is 1.50. The van der Waals surface area contributed by atoms with Crippen LogP contribution in [0, 0.1) is 10.1 Å². The number of carboxylic acid groups (broad SMARTS) is 1. The van der Waals surface area contributed by atoms with E-state index in [9.17, 15) is 19.7 Å². The maximum Gasteiger partial charge on any atom is 0.335 e. The number of nitrogens with zero attached hydrogens (tertiary/aromatic N) is 3. The van der Waals surface area contributed by atoms with Gasteiger partial charge in [-0.2, -0.15) is 0 Å². The molecular weight excluding hydrogens is 438 g/mol. The van der Waals surface area contributed by atoms with E-state index in [-0.39, 0.29) is 28.7 Å². The Hall–Kier alpha value is -3.86. The van der Waals surface area contributed by atoms with Gasteiger partial charge in [-0.15, -0.1) is 0 Å². The Balaban J connectivity index is 2.02. The van der Waals surface area contributed by atoms with E-state index in [1.165, 1.54) is 49.5 Å². The number of aromatic carboxylic acids is 1. The van der Waals surface area contributed by atoms with Gasteiger partial charge in [0.05, 0.1) is 41.4 Å². The molecule has 3 rings (SSSR count). The Morgan fingerprint density at radius 2 is 1.94 bits per heavy atom. The van der Waals surface area contributed by atoms with Gasteiger partial charge in [-0.1, -0.05) is 0 Å². The van der Waals surface area contributed by atoms with Gasteiger partial charge in [-0.3, -0.25) is 19.8 Å². The first kappa shape index (κ1) is 22.8. The lowest BCUT2D eigenvalue weighted by atomic mass is 10.1. The number of amidine groups is 1. The average Bonchev–Trinajstić information content (AvgIpc) is 3.07. The molecule has 1 N–H and O–H groups in total. The highest BCUT2D eigenvalue weighted by Crippen LogP contribution is 2.40. The number of nitro groups is 1. The molecule has 1 saturated heterocycles. The molecule has 0 spiro atoms. The maximum atomic E-state index is 12.9. The van der Waals surface area contributed by atoms with E-state index < -0.39 is 10.9 Å². The molecule has 166 valence electrons. The highest BCUT2D eigenvalue weighted by molar-refractivity contribution is 8.18. The van der Waals surface area contributed by atoms with E-state index in [0.717, 1.165) is 11.8 Å². The van der Waals surface area contributed by atoms with Gasteiger partial charge < -0.3 is 14.6 Å². The number of thioether (sulfide) groups is 1. The Labute approximate surface area is 187 Å². The van der Waals surface area contributed by atoms with Crippen molar-refractivity contribution in [2.45, 2.75) is 6.92 Å². The molecule has 1 heterocycles. The fraction of sp³-hybridized carbons (Fsp3) is 0.190. The van der Waals surface area contributed by atoms with Crippen LogP contribution in [0.4, 0.5) is 11.4 Å². The molecular formula is C21H19N3O7S. The first-order valence-electron chi connectivity index (χ1n) is 9.32. The molecule has 0 atom stereocenters. The van der Waals surface area contributed by atoms with Crippen molar-refractivity contribution in [3.05, 3.63) is 62.5 Å².